The van der Waals surface area contributed by atoms with Crippen molar-refractivity contribution in [2.45, 2.75) is 20.0 Å². The summed E-state index contributed by atoms with van der Waals surface area (Å²) >= 11 is 0. The second-order valence-corrected chi connectivity index (χ2v) is 3.95. The molecule has 1 nitrogen and oxygen atoms in total. The number of ether oxygens (including phenoxy) is 1. The molecule has 1 aromatic rings. The molecule has 1 heterocycles. The standard InChI is InChI=1S/C14H16O/c1-11-8-9-15-12(2)10-14(11)13-6-4-3-5-7-13/h3-12H,1-2H3/t11-,12-/m1/s1. The van der Waals surface area contributed by atoms with E-state index in [2.05, 4.69) is 50.3 Å². The Balaban J connectivity index is 2.38. The Labute approximate surface area is 91.1 Å². The summed E-state index contributed by atoms with van der Waals surface area (Å²) in [7, 11) is 0. The van der Waals surface area contributed by atoms with Crippen molar-refractivity contribution in [3.63, 3.8) is 0 Å². The third kappa shape index (κ3) is 2.30. The van der Waals surface area contributed by atoms with E-state index in [0.717, 1.165) is 0 Å². The van der Waals surface area contributed by atoms with Gasteiger partial charge in [-0.25, -0.2) is 0 Å². The first-order valence-corrected chi connectivity index (χ1v) is 5.36. The maximum absolute atomic E-state index is 5.47. The first kappa shape index (κ1) is 10.0. The van der Waals surface area contributed by atoms with Crippen molar-refractivity contribution in [1.29, 1.82) is 0 Å². The van der Waals surface area contributed by atoms with Crippen LogP contribution in [-0.4, -0.2) is 6.10 Å². The zero-order chi connectivity index (χ0) is 10.7. The monoisotopic (exact) mass is 200 g/mol. The second-order valence-electron chi connectivity index (χ2n) is 3.95. The van der Waals surface area contributed by atoms with Crippen LogP contribution < -0.4 is 0 Å². The van der Waals surface area contributed by atoms with Crippen LogP contribution >= 0.6 is 0 Å². The second kappa shape index (κ2) is 4.35. The average molecular weight is 200 g/mol. The van der Waals surface area contributed by atoms with Crippen molar-refractivity contribution in [3.05, 3.63) is 54.3 Å². The minimum absolute atomic E-state index is 0.154. The highest BCUT2D eigenvalue weighted by molar-refractivity contribution is 5.69. The van der Waals surface area contributed by atoms with Crippen LogP contribution in [0.1, 0.15) is 19.4 Å². The van der Waals surface area contributed by atoms with Gasteiger partial charge in [0.1, 0.15) is 6.10 Å². The van der Waals surface area contributed by atoms with E-state index in [0.29, 0.717) is 5.92 Å². The van der Waals surface area contributed by atoms with Crippen LogP contribution in [0, 0.1) is 5.92 Å². The van der Waals surface area contributed by atoms with Crippen molar-refractivity contribution in [1.82, 2.24) is 0 Å². The lowest BCUT2D eigenvalue weighted by molar-refractivity contribution is 0.205. The lowest BCUT2D eigenvalue weighted by Gasteiger charge is -2.12. The van der Waals surface area contributed by atoms with Gasteiger partial charge in [0.25, 0.3) is 0 Å². The summed E-state index contributed by atoms with van der Waals surface area (Å²) in [6.45, 7) is 4.25. The zero-order valence-corrected chi connectivity index (χ0v) is 9.18. The Morgan fingerprint density at radius 2 is 1.80 bits per heavy atom. The van der Waals surface area contributed by atoms with Gasteiger partial charge in [0, 0.05) is 5.92 Å². The highest BCUT2D eigenvalue weighted by Crippen LogP contribution is 2.27. The summed E-state index contributed by atoms with van der Waals surface area (Å²) in [4.78, 5) is 0. The van der Waals surface area contributed by atoms with E-state index in [-0.39, 0.29) is 6.10 Å². The summed E-state index contributed by atoms with van der Waals surface area (Å²) in [5.41, 5.74) is 2.63. The van der Waals surface area contributed by atoms with Crippen LogP contribution in [0.4, 0.5) is 0 Å². The van der Waals surface area contributed by atoms with Crippen molar-refractivity contribution < 1.29 is 4.74 Å². The molecular weight excluding hydrogens is 184 g/mol. The minimum Gasteiger partial charge on any atom is -0.495 e. The van der Waals surface area contributed by atoms with Gasteiger partial charge in [-0.2, -0.15) is 0 Å². The van der Waals surface area contributed by atoms with E-state index in [1.54, 1.807) is 0 Å². The summed E-state index contributed by atoms with van der Waals surface area (Å²) < 4.78 is 5.47. The topological polar surface area (TPSA) is 9.23 Å². The highest BCUT2D eigenvalue weighted by Gasteiger charge is 2.12. The Morgan fingerprint density at radius 1 is 1.07 bits per heavy atom. The fraction of sp³-hybridized carbons (Fsp3) is 0.286. The summed E-state index contributed by atoms with van der Waals surface area (Å²) in [5, 5.41) is 0. The molecule has 0 N–H and O–H groups in total. The van der Waals surface area contributed by atoms with Crippen LogP contribution in [0.15, 0.2) is 48.7 Å². The van der Waals surface area contributed by atoms with Gasteiger partial charge in [-0.3, -0.25) is 0 Å². The predicted molar refractivity (Wildman–Crippen MR) is 63.3 cm³/mol. The van der Waals surface area contributed by atoms with E-state index < -0.39 is 0 Å². The molecule has 0 radical (unpaired) electrons. The Bertz CT molecular complexity index is 376. The molecule has 1 heteroatoms. The van der Waals surface area contributed by atoms with Crippen molar-refractivity contribution in [2.75, 3.05) is 0 Å². The summed E-state index contributed by atoms with van der Waals surface area (Å²) in [5.74, 6) is 0.414. The van der Waals surface area contributed by atoms with E-state index >= 15 is 0 Å². The normalized spacial score (nSPS) is 25.3. The number of hydrogen-bond donors (Lipinski definition) is 0. The minimum atomic E-state index is 0.154. The predicted octanol–water partition coefficient (Wildman–Crippen LogP) is 3.64. The lowest BCUT2D eigenvalue weighted by Crippen LogP contribution is -2.00. The largest absolute Gasteiger partial charge is 0.495 e. The molecule has 78 valence electrons. The lowest BCUT2D eigenvalue weighted by atomic mass is 9.93. The molecule has 0 amide bonds. The van der Waals surface area contributed by atoms with Gasteiger partial charge in [-0.05, 0) is 30.2 Å². The SMILES string of the molecule is C[C@@H]1C=C(c2ccccc2)[C@H](C)C=CO1. The Kier molecular flexibility index (Phi) is 2.91. The molecule has 15 heavy (non-hydrogen) atoms. The Morgan fingerprint density at radius 3 is 2.53 bits per heavy atom. The van der Waals surface area contributed by atoms with Crippen LogP contribution in [0.2, 0.25) is 0 Å². The van der Waals surface area contributed by atoms with Gasteiger partial charge in [0.05, 0.1) is 6.26 Å². The molecule has 1 aliphatic heterocycles. The third-order valence-corrected chi connectivity index (χ3v) is 2.67. The van der Waals surface area contributed by atoms with E-state index in [1.807, 2.05) is 12.3 Å². The summed E-state index contributed by atoms with van der Waals surface area (Å²) in [6, 6.07) is 10.5. The number of benzene rings is 1. The van der Waals surface area contributed by atoms with Gasteiger partial charge in [-0.1, -0.05) is 37.3 Å². The van der Waals surface area contributed by atoms with Gasteiger partial charge in [0.2, 0.25) is 0 Å². The van der Waals surface area contributed by atoms with Gasteiger partial charge < -0.3 is 4.74 Å². The molecule has 0 saturated heterocycles. The van der Waals surface area contributed by atoms with Crippen molar-refractivity contribution in [3.8, 4) is 0 Å². The smallest absolute Gasteiger partial charge is 0.114 e. The fourth-order valence-corrected chi connectivity index (χ4v) is 1.82. The van der Waals surface area contributed by atoms with Crippen LogP contribution in [0.3, 0.4) is 0 Å². The molecular formula is C14H16O. The van der Waals surface area contributed by atoms with Crippen LogP contribution in [0.25, 0.3) is 5.57 Å². The summed E-state index contributed by atoms with van der Waals surface area (Å²) in [6.07, 6.45) is 6.26. The van der Waals surface area contributed by atoms with Crippen molar-refractivity contribution in [2.24, 2.45) is 5.92 Å². The highest BCUT2D eigenvalue weighted by atomic mass is 16.5. The number of allylic oxidation sites excluding steroid dienone is 2. The van der Waals surface area contributed by atoms with E-state index in [1.165, 1.54) is 11.1 Å². The quantitative estimate of drug-likeness (QED) is 0.672. The molecule has 0 aliphatic carbocycles. The molecule has 0 spiro atoms. The van der Waals surface area contributed by atoms with Crippen LogP contribution in [-0.2, 0) is 4.74 Å². The Hall–Kier alpha value is -1.50. The molecule has 0 unspecified atom stereocenters. The van der Waals surface area contributed by atoms with Crippen LogP contribution in [0.5, 0.6) is 0 Å². The fourth-order valence-electron chi connectivity index (χ4n) is 1.82. The van der Waals surface area contributed by atoms with E-state index in [4.69, 9.17) is 4.74 Å². The first-order valence-electron chi connectivity index (χ1n) is 5.36. The maximum Gasteiger partial charge on any atom is 0.114 e. The maximum atomic E-state index is 5.47. The van der Waals surface area contributed by atoms with Crippen molar-refractivity contribution >= 4 is 5.57 Å². The molecule has 2 atom stereocenters. The molecule has 2 rings (SSSR count). The van der Waals surface area contributed by atoms with Gasteiger partial charge in [0.15, 0.2) is 0 Å². The molecule has 1 aliphatic rings. The molecule has 0 bridgehead atoms. The number of rotatable bonds is 1. The first-order chi connectivity index (χ1) is 7.27. The zero-order valence-electron chi connectivity index (χ0n) is 9.18. The van der Waals surface area contributed by atoms with Gasteiger partial charge >= 0.3 is 0 Å². The molecule has 1 aromatic carbocycles. The third-order valence-electron chi connectivity index (χ3n) is 2.67. The number of hydrogen-bond acceptors (Lipinski definition) is 1. The average Bonchev–Trinajstić information content (AvgIpc) is 2.42. The molecule has 0 saturated carbocycles. The molecule has 0 fully saturated rings. The van der Waals surface area contributed by atoms with Gasteiger partial charge in [-0.15, -0.1) is 0 Å². The van der Waals surface area contributed by atoms with E-state index in [9.17, 15) is 0 Å². The molecule has 0 aromatic heterocycles.